The summed E-state index contributed by atoms with van der Waals surface area (Å²) in [5.74, 6) is -0.0920. The molecule has 2 unspecified atom stereocenters. The molecule has 2 N–H and O–H groups in total. The third kappa shape index (κ3) is 2.86. The van der Waals surface area contributed by atoms with E-state index < -0.39 is 6.10 Å². The fraction of sp³-hybridized carbons (Fsp3) is 0.562. The largest absolute Gasteiger partial charge is 0.391 e. The third-order valence-electron chi connectivity index (χ3n) is 4.28. The lowest BCUT2D eigenvalue weighted by molar-refractivity contribution is 0.0818. The summed E-state index contributed by atoms with van der Waals surface area (Å²) in [4.78, 5) is 12.3. The molecule has 0 bridgehead atoms. The quantitative estimate of drug-likeness (QED) is 0.813. The van der Waals surface area contributed by atoms with Gasteiger partial charge in [0.05, 0.1) is 25.4 Å². The molecule has 1 heterocycles. The van der Waals surface area contributed by atoms with Gasteiger partial charge in [0.1, 0.15) is 0 Å². The smallest absolute Gasteiger partial charge is 0.251 e. The molecule has 1 aliphatic carbocycles. The Kier molecular flexibility index (Phi) is 4.03. The first kappa shape index (κ1) is 13.6. The van der Waals surface area contributed by atoms with Gasteiger partial charge in [0.25, 0.3) is 5.91 Å². The second kappa shape index (κ2) is 5.94. The maximum absolute atomic E-state index is 12.3. The number of nitrogens with one attached hydrogen (secondary N) is 1. The summed E-state index contributed by atoms with van der Waals surface area (Å²) in [6.07, 6.45) is 4.48. The van der Waals surface area contributed by atoms with Crippen LogP contribution in [0, 0.1) is 0 Å². The Hall–Kier alpha value is -1.39. The molecule has 3 rings (SSSR count). The van der Waals surface area contributed by atoms with E-state index in [1.165, 1.54) is 0 Å². The second-order valence-electron chi connectivity index (χ2n) is 5.76. The van der Waals surface area contributed by atoms with E-state index >= 15 is 0 Å². The number of benzene rings is 1. The Bertz CT molecular complexity index is 500. The van der Waals surface area contributed by atoms with E-state index in [-0.39, 0.29) is 11.9 Å². The topological polar surface area (TPSA) is 58.6 Å². The minimum Gasteiger partial charge on any atom is -0.391 e. The second-order valence-corrected chi connectivity index (χ2v) is 5.76. The SMILES string of the molecule is O=C(NC1CCCCCC1O)c1ccc2c(c1)COC2. The molecule has 2 aliphatic rings. The molecule has 20 heavy (non-hydrogen) atoms. The van der Waals surface area contributed by atoms with E-state index in [0.717, 1.165) is 43.2 Å². The standard InChI is InChI=1S/C16H21NO3/c18-15-5-3-1-2-4-14(15)17-16(19)11-6-7-12-9-20-10-13(12)8-11/h6-8,14-15,18H,1-5,9-10H2,(H,17,19). The van der Waals surface area contributed by atoms with Crippen molar-refractivity contribution in [2.45, 2.75) is 57.5 Å². The van der Waals surface area contributed by atoms with Crippen LogP contribution in [0.4, 0.5) is 0 Å². The molecule has 1 aromatic rings. The highest BCUT2D eigenvalue weighted by Gasteiger charge is 2.24. The molecule has 1 fully saturated rings. The molecule has 4 heteroatoms. The zero-order valence-electron chi connectivity index (χ0n) is 11.6. The summed E-state index contributed by atoms with van der Waals surface area (Å²) in [7, 11) is 0. The lowest BCUT2D eigenvalue weighted by Gasteiger charge is -2.21. The van der Waals surface area contributed by atoms with Gasteiger partial charge in [-0.2, -0.15) is 0 Å². The van der Waals surface area contributed by atoms with Gasteiger partial charge in [-0.25, -0.2) is 0 Å². The Morgan fingerprint density at radius 2 is 1.95 bits per heavy atom. The molecule has 4 nitrogen and oxygen atoms in total. The first-order valence-electron chi connectivity index (χ1n) is 7.42. The minimum atomic E-state index is -0.417. The predicted octanol–water partition coefficient (Wildman–Crippen LogP) is 2.14. The van der Waals surface area contributed by atoms with E-state index in [9.17, 15) is 9.90 Å². The van der Waals surface area contributed by atoms with Crippen LogP contribution in [-0.2, 0) is 18.0 Å². The van der Waals surface area contributed by atoms with E-state index in [4.69, 9.17) is 4.74 Å². The van der Waals surface area contributed by atoms with Gasteiger partial charge in [0.15, 0.2) is 0 Å². The highest BCUT2D eigenvalue weighted by molar-refractivity contribution is 5.94. The average molecular weight is 275 g/mol. The summed E-state index contributed by atoms with van der Waals surface area (Å²) in [5.41, 5.74) is 2.92. The van der Waals surface area contributed by atoms with Crippen molar-refractivity contribution in [1.82, 2.24) is 5.32 Å². The molecule has 0 aromatic heterocycles. The van der Waals surface area contributed by atoms with Crippen LogP contribution in [0.1, 0.15) is 53.6 Å². The number of ether oxygens (including phenoxy) is 1. The van der Waals surface area contributed by atoms with E-state index in [2.05, 4.69) is 5.32 Å². The van der Waals surface area contributed by atoms with Gasteiger partial charge in [-0.15, -0.1) is 0 Å². The average Bonchev–Trinajstić information content (AvgIpc) is 2.83. The van der Waals surface area contributed by atoms with Gasteiger partial charge in [-0.05, 0) is 36.1 Å². The van der Waals surface area contributed by atoms with Gasteiger partial charge in [0.2, 0.25) is 0 Å². The summed E-state index contributed by atoms with van der Waals surface area (Å²) < 4.78 is 5.36. The molecule has 0 spiro atoms. The number of aliphatic hydroxyl groups excluding tert-OH is 1. The predicted molar refractivity (Wildman–Crippen MR) is 75.3 cm³/mol. The Balaban J connectivity index is 1.69. The fourth-order valence-corrected chi connectivity index (χ4v) is 3.02. The molecule has 1 saturated carbocycles. The summed E-state index contributed by atoms with van der Waals surface area (Å²) in [6, 6.07) is 5.59. The summed E-state index contributed by atoms with van der Waals surface area (Å²) in [6.45, 7) is 1.22. The number of hydrogen-bond donors (Lipinski definition) is 2. The van der Waals surface area contributed by atoms with Crippen molar-refractivity contribution in [2.24, 2.45) is 0 Å². The lowest BCUT2D eigenvalue weighted by Crippen LogP contribution is -2.42. The van der Waals surface area contributed by atoms with E-state index in [0.29, 0.717) is 18.8 Å². The van der Waals surface area contributed by atoms with Gasteiger partial charge in [0, 0.05) is 5.56 Å². The minimum absolute atomic E-state index is 0.0920. The van der Waals surface area contributed by atoms with Crippen molar-refractivity contribution in [3.05, 3.63) is 34.9 Å². The molecule has 2 atom stereocenters. The third-order valence-corrected chi connectivity index (χ3v) is 4.28. The Labute approximate surface area is 119 Å². The Morgan fingerprint density at radius 3 is 2.85 bits per heavy atom. The Morgan fingerprint density at radius 1 is 1.15 bits per heavy atom. The van der Waals surface area contributed by atoms with Gasteiger partial charge in [-0.1, -0.05) is 25.3 Å². The molecular formula is C16H21NO3. The summed E-state index contributed by atoms with van der Waals surface area (Å²) >= 11 is 0. The van der Waals surface area contributed by atoms with E-state index in [1.54, 1.807) is 0 Å². The number of amides is 1. The van der Waals surface area contributed by atoms with Crippen molar-refractivity contribution < 1.29 is 14.6 Å². The van der Waals surface area contributed by atoms with Crippen LogP contribution in [0.15, 0.2) is 18.2 Å². The van der Waals surface area contributed by atoms with Crippen molar-refractivity contribution in [2.75, 3.05) is 0 Å². The molecule has 1 aliphatic heterocycles. The zero-order valence-corrected chi connectivity index (χ0v) is 11.6. The van der Waals surface area contributed by atoms with Gasteiger partial charge >= 0.3 is 0 Å². The maximum Gasteiger partial charge on any atom is 0.251 e. The molecular weight excluding hydrogens is 254 g/mol. The van der Waals surface area contributed by atoms with Crippen molar-refractivity contribution in [1.29, 1.82) is 0 Å². The monoisotopic (exact) mass is 275 g/mol. The van der Waals surface area contributed by atoms with Crippen LogP contribution in [0.2, 0.25) is 0 Å². The van der Waals surface area contributed by atoms with Crippen LogP contribution >= 0.6 is 0 Å². The number of fused-ring (bicyclic) bond motifs is 1. The number of carbonyl (C=O) groups is 1. The van der Waals surface area contributed by atoms with Crippen molar-refractivity contribution in [3.8, 4) is 0 Å². The van der Waals surface area contributed by atoms with Crippen molar-refractivity contribution in [3.63, 3.8) is 0 Å². The molecule has 1 amide bonds. The van der Waals surface area contributed by atoms with Crippen LogP contribution in [0.3, 0.4) is 0 Å². The van der Waals surface area contributed by atoms with Crippen LogP contribution < -0.4 is 5.32 Å². The number of carbonyl (C=O) groups excluding carboxylic acids is 1. The van der Waals surface area contributed by atoms with E-state index in [1.807, 2.05) is 18.2 Å². The zero-order chi connectivity index (χ0) is 13.9. The highest BCUT2D eigenvalue weighted by Crippen LogP contribution is 2.22. The lowest BCUT2D eigenvalue weighted by atomic mass is 10.0. The molecule has 1 aromatic carbocycles. The first-order chi connectivity index (χ1) is 9.74. The first-order valence-corrected chi connectivity index (χ1v) is 7.42. The van der Waals surface area contributed by atoms with Crippen LogP contribution in [0.25, 0.3) is 0 Å². The highest BCUT2D eigenvalue weighted by atomic mass is 16.5. The number of rotatable bonds is 2. The van der Waals surface area contributed by atoms with Crippen LogP contribution in [-0.4, -0.2) is 23.2 Å². The van der Waals surface area contributed by atoms with Crippen LogP contribution in [0.5, 0.6) is 0 Å². The molecule has 0 saturated heterocycles. The molecule has 0 radical (unpaired) electrons. The van der Waals surface area contributed by atoms with Gasteiger partial charge < -0.3 is 15.2 Å². The fourth-order valence-electron chi connectivity index (χ4n) is 3.02. The normalized spacial score (nSPS) is 25.9. The maximum atomic E-state index is 12.3. The molecule has 108 valence electrons. The number of hydrogen-bond acceptors (Lipinski definition) is 3. The van der Waals surface area contributed by atoms with Gasteiger partial charge in [-0.3, -0.25) is 4.79 Å². The van der Waals surface area contributed by atoms with Crippen molar-refractivity contribution >= 4 is 5.91 Å². The summed E-state index contributed by atoms with van der Waals surface area (Å²) in [5, 5.41) is 13.1. The number of aliphatic hydroxyl groups is 1.